The van der Waals surface area contributed by atoms with Crippen molar-refractivity contribution in [2.24, 2.45) is 10.8 Å². The number of hydrazine groups is 1. The first-order valence-corrected chi connectivity index (χ1v) is 7.10. The van der Waals surface area contributed by atoms with E-state index in [-0.39, 0.29) is 0 Å². The Labute approximate surface area is 111 Å². The molecule has 1 rings (SSSR count). The van der Waals surface area contributed by atoms with Gasteiger partial charge in [0.1, 0.15) is 0 Å². The van der Waals surface area contributed by atoms with Gasteiger partial charge in [0.05, 0.1) is 0 Å². The van der Waals surface area contributed by atoms with Crippen LogP contribution in [0.2, 0.25) is 0 Å². The van der Waals surface area contributed by atoms with Gasteiger partial charge in [-0.15, -0.1) is 0 Å². The normalized spacial score (nSPS) is 21.8. The van der Waals surface area contributed by atoms with Gasteiger partial charge in [-0.25, -0.2) is 5.84 Å². The van der Waals surface area contributed by atoms with Gasteiger partial charge in [-0.3, -0.25) is 10.4 Å². The third-order valence-electron chi connectivity index (χ3n) is 3.52. The molecule has 5 nitrogen and oxygen atoms in total. The number of rotatable bonds is 5. The van der Waals surface area contributed by atoms with Crippen LogP contribution in [0.25, 0.3) is 0 Å². The number of nitrogens with two attached hydrogens (primary N) is 1. The van der Waals surface area contributed by atoms with E-state index in [0.29, 0.717) is 6.04 Å². The average Bonchev–Trinajstić information content (AvgIpc) is 2.64. The highest BCUT2D eigenvalue weighted by Crippen LogP contribution is 2.19. The number of hydrogen-bond acceptors (Lipinski definition) is 3. The molecular formula is C13H28N4O. The Kier molecular flexibility index (Phi) is 7.76. The fourth-order valence-corrected chi connectivity index (χ4v) is 2.49. The smallest absolute Gasteiger partial charge is 0.208 e. The molecule has 1 atom stereocenters. The van der Waals surface area contributed by atoms with Crippen molar-refractivity contribution in [2.75, 3.05) is 26.8 Å². The molecule has 0 aliphatic carbocycles. The van der Waals surface area contributed by atoms with Crippen molar-refractivity contribution in [3.05, 3.63) is 0 Å². The Hall–Kier alpha value is -0.810. The van der Waals surface area contributed by atoms with E-state index in [1.54, 1.807) is 7.11 Å². The van der Waals surface area contributed by atoms with Crippen LogP contribution in [-0.2, 0) is 4.74 Å². The van der Waals surface area contributed by atoms with Gasteiger partial charge in [-0.05, 0) is 25.7 Å². The van der Waals surface area contributed by atoms with Gasteiger partial charge >= 0.3 is 0 Å². The summed E-state index contributed by atoms with van der Waals surface area (Å²) in [5, 5.41) is 0. The number of guanidine groups is 1. The number of aliphatic imine (C=N–C) groups is 1. The molecule has 0 aromatic rings. The molecule has 1 aliphatic rings. The molecule has 1 aliphatic heterocycles. The fraction of sp³-hybridized carbons (Fsp3) is 0.923. The second kappa shape index (κ2) is 9.16. The molecule has 0 aromatic heterocycles. The van der Waals surface area contributed by atoms with Gasteiger partial charge in [0.25, 0.3) is 0 Å². The summed E-state index contributed by atoms with van der Waals surface area (Å²) in [6.45, 7) is 4.81. The van der Waals surface area contributed by atoms with Crippen LogP contribution in [0, 0.1) is 0 Å². The number of nitrogens with one attached hydrogen (secondary N) is 1. The van der Waals surface area contributed by atoms with E-state index in [1.807, 2.05) is 0 Å². The molecule has 0 amide bonds. The molecule has 1 heterocycles. The number of nitrogens with zero attached hydrogens (tertiary/aromatic N) is 2. The zero-order chi connectivity index (χ0) is 13.2. The lowest BCUT2D eigenvalue weighted by molar-refractivity contribution is 0.196. The van der Waals surface area contributed by atoms with Crippen molar-refractivity contribution >= 4 is 5.96 Å². The molecular weight excluding hydrogens is 228 g/mol. The van der Waals surface area contributed by atoms with Crippen LogP contribution < -0.4 is 11.3 Å². The number of ether oxygens (including phenoxy) is 1. The van der Waals surface area contributed by atoms with E-state index in [9.17, 15) is 0 Å². The highest BCUT2D eigenvalue weighted by atomic mass is 16.5. The average molecular weight is 256 g/mol. The highest BCUT2D eigenvalue weighted by Gasteiger charge is 2.21. The first-order valence-electron chi connectivity index (χ1n) is 7.10. The van der Waals surface area contributed by atoms with E-state index in [1.165, 1.54) is 25.7 Å². The third kappa shape index (κ3) is 4.82. The second-order valence-corrected chi connectivity index (χ2v) is 4.80. The van der Waals surface area contributed by atoms with Crippen molar-refractivity contribution in [2.45, 2.75) is 51.5 Å². The third-order valence-corrected chi connectivity index (χ3v) is 3.52. The van der Waals surface area contributed by atoms with Gasteiger partial charge in [-0.2, -0.15) is 0 Å². The second-order valence-electron chi connectivity index (χ2n) is 4.80. The standard InChI is InChI=1S/C13H28N4O/c1-3-12-8-5-4-6-10-17(12)13(16-14)15-9-7-11-18-2/h12H,3-11,14H2,1-2H3,(H,15,16). The minimum atomic E-state index is 0.574. The molecule has 106 valence electrons. The zero-order valence-corrected chi connectivity index (χ0v) is 11.8. The summed E-state index contributed by atoms with van der Waals surface area (Å²) in [6.07, 6.45) is 7.20. The lowest BCUT2D eigenvalue weighted by atomic mass is 10.1. The van der Waals surface area contributed by atoms with Crippen LogP contribution in [0.4, 0.5) is 0 Å². The Morgan fingerprint density at radius 3 is 2.94 bits per heavy atom. The predicted molar refractivity (Wildman–Crippen MR) is 75.4 cm³/mol. The van der Waals surface area contributed by atoms with E-state index in [4.69, 9.17) is 10.6 Å². The van der Waals surface area contributed by atoms with Gasteiger partial charge in [0.15, 0.2) is 0 Å². The van der Waals surface area contributed by atoms with Gasteiger partial charge in [0.2, 0.25) is 5.96 Å². The van der Waals surface area contributed by atoms with Crippen LogP contribution in [0.15, 0.2) is 4.99 Å². The summed E-state index contributed by atoms with van der Waals surface area (Å²) in [5.41, 5.74) is 2.78. The summed E-state index contributed by atoms with van der Waals surface area (Å²) in [7, 11) is 1.72. The molecule has 1 unspecified atom stereocenters. The Bertz CT molecular complexity index is 245. The number of likely N-dealkylation sites (tertiary alicyclic amines) is 1. The monoisotopic (exact) mass is 256 g/mol. The van der Waals surface area contributed by atoms with Gasteiger partial charge < -0.3 is 9.64 Å². The van der Waals surface area contributed by atoms with E-state index in [0.717, 1.165) is 38.5 Å². The lowest BCUT2D eigenvalue weighted by Crippen LogP contribution is -2.49. The SMILES string of the molecule is CCC1CCCCCN1C(=NCCCOC)NN. The number of hydrogen-bond donors (Lipinski definition) is 2. The van der Waals surface area contributed by atoms with Crippen molar-refractivity contribution in [1.82, 2.24) is 10.3 Å². The molecule has 3 N–H and O–H groups in total. The maximum absolute atomic E-state index is 5.63. The molecule has 0 bridgehead atoms. The van der Waals surface area contributed by atoms with E-state index >= 15 is 0 Å². The molecule has 5 heteroatoms. The van der Waals surface area contributed by atoms with Crippen LogP contribution in [0.1, 0.15) is 45.4 Å². The Balaban J connectivity index is 2.58. The summed E-state index contributed by atoms with van der Waals surface area (Å²) in [4.78, 5) is 6.92. The topological polar surface area (TPSA) is 62.9 Å². The first kappa shape index (κ1) is 15.2. The number of methoxy groups -OCH3 is 1. The fourth-order valence-electron chi connectivity index (χ4n) is 2.49. The van der Waals surface area contributed by atoms with Crippen molar-refractivity contribution in [3.63, 3.8) is 0 Å². The largest absolute Gasteiger partial charge is 0.385 e. The first-order chi connectivity index (χ1) is 8.83. The Morgan fingerprint density at radius 2 is 2.28 bits per heavy atom. The van der Waals surface area contributed by atoms with Crippen molar-refractivity contribution < 1.29 is 4.74 Å². The molecule has 1 fully saturated rings. The predicted octanol–water partition coefficient (Wildman–Crippen LogP) is 1.50. The summed E-state index contributed by atoms with van der Waals surface area (Å²) in [5.74, 6) is 6.48. The molecule has 0 spiro atoms. The quantitative estimate of drug-likeness (QED) is 0.257. The molecule has 18 heavy (non-hydrogen) atoms. The maximum Gasteiger partial charge on any atom is 0.208 e. The summed E-state index contributed by atoms with van der Waals surface area (Å²) >= 11 is 0. The zero-order valence-electron chi connectivity index (χ0n) is 11.8. The van der Waals surface area contributed by atoms with E-state index in [2.05, 4.69) is 22.2 Å². The van der Waals surface area contributed by atoms with Crippen LogP contribution in [0.5, 0.6) is 0 Å². The molecule has 0 saturated carbocycles. The van der Waals surface area contributed by atoms with Gasteiger partial charge in [0, 0.05) is 32.8 Å². The van der Waals surface area contributed by atoms with E-state index < -0.39 is 0 Å². The molecule has 0 radical (unpaired) electrons. The summed E-state index contributed by atoms with van der Waals surface area (Å²) in [6, 6.07) is 0.574. The Morgan fingerprint density at radius 1 is 1.44 bits per heavy atom. The minimum Gasteiger partial charge on any atom is -0.385 e. The van der Waals surface area contributed by atoms with Crippen molar-refractivity contribution in [1.29, 1.82) is 0 Å². The lowest BCUT2D eigenvalue weighted by Gasteiger charge is -2.31. The van der Waals surface area contributed by atoms with Crippen LogP contribution >= 0.6 is 0 Å². The van der Waals surface area contributed by atoms with Crippen LogP contribution in [0.3, 0.4) is 0 Å². The summed E-state index contributed by atoms with van der Waals surface area (Å²) < 4.78 is 5.03. The molecule has 1 saturated heterocycles. The van der Waals surface area contributed by atoms with Crippen molar-refractivity contribution in [3.8, 4) is 0 Å². The maximum atomic E-state index is 5.63. The van der Waals surface area contributed by atoms with Gasteiger partial charge in [-0.1, -0.05) is 19.8 Å². The minimum absolute atomic E-state index is 0.574. The highest BCUT2D eigenvalue weighted by molar-refractivity contribution is 5.79. The van der Waals surface area contributed by atoms with Crippen LogP contribution in [-0.4, -0.2) is 43.7 Å². The molecule has 0 aromatic carbocycles.